The molecular formula is C20H25N7O2. The van der Waals surface area contributed by atoms with Crippen LogP contribution in [0.15, 0.2) is 17.8 Å². The number of likely N-dealkylation sites (N-methyl/N-ethyl adjacent to an activating group) is 2. The molecule has 2 N–H and O–H groups in total. The van der Waals surface area contributed by atoms with Gasteiger partial charge < -0.3 is 15.1 Å². The van der Waals surface area contributed by atoms with Crippen molar-refractivity contribution in [2.75, 3.05) is 37.4 Å². The van der Waals surface area contributed by atoms with Gasteiger partial charge in [-0.15, -0.1) is 0 Å². The van der Waals surface area contributed by atoms with E-state index < -0.39 is 0 Å². The third kappa shape index (κ3) is 3.46. The van der Waals surface area contributed by atoms with Gasteiger partial charge in [-0.3, -0.25) is 14.9 Å². The first-order valence-corrected chi connectivity index (χ1v) is 10.1. The summed E-state index contributed by atoms with van der Waals surface area (Å²) >= 11 is 0. The molecule has 2 aromatic heterocycles. The fourth-order valence-electron chi connectivity index (χ4n) is 4.01. The van der Waals surface area contributed by atoms with Crippen LogP contribution >= 0.6 is 0 Å². The summed E-state index contributed by atoms with van der Waals surface area (Å²) in [5.74, 6) is 1.18. The molecule has 5 rings (SSSR count). The molecular weight excluding hydrogens is 370 g/mol. The van der Waals surface area contributed by atoms with Crippen LogP contribution < -0.4 is 15.5 Å². The van der Waals surface area contributed by atoms with Crippen molar-refractivity contribution >= 4 is 35.2 Å². The number of aromatic nitrogens is 3. The Hall–Kier alpha value is -2.94. The molecule has 3 fully saturated rings. The number of nitrogens with zero attached hydrogens (tertiary/aromatic N) is 5. The zero-order valence-electron chi connectivity index (χ0n) is 16.7. The number of hydrogen-bond donors (Lipinski definition) is 2. The summed E-state index contributed by atoms with van der Waals surface area (Å²) in [6.07, 6.45) is 6.94. The first kappa shape index (κ1) is 18.1. The third-order valence-electron chi connectivity index (χ3n) is 5.92. The number of carbonyl (C=O) groups is 2. The van der Waals surface area contributed by atoms with Gasteiger partial charge in [0.1, 0.15) is 11.6 Å². The predicted octanol–water partition coefficient (Wildman–Crippen LogP) is 0.874. The van der Waals surface area contributed by atoms with Crippen molar-refractivity contribution in [2.45, 2.75) is 37.8 Å². The van der Waals surface area contributed by atoms with Crippen LogP contribution in [0.5, 0.6) is 0 Å². The molecule has 0 bridgehead atoms. The van der Waals surface area contributed by atoms with Crippen molar-refractivity contribution in [3.8, 4) is 0 Å². The molecule has 9 nitrogen and oxygen atoms in total. The molecule has 4 heterocycles. The van der Waals surface area contributed by atoms with E-state index in [1.165, 1.54) is 0 Å². The molecule has 1 atom stereocenters. The van der Waals surface area contributed by atoms with Crippen molar-refractivity contribution in [3.63, 3.8) is 0 Å². The molecule has 0 spiro atoms. The highest BCUT2D eigenvalue weighted by molar-refractivity contribution is 6.15. The van der Waals surface area contributed by atoms with E-state index in [1.54, 1.807) is 16.8 Å². The van der Waals surface area contributed by atoms with E-state index in [9.17, 15) is 9.59 Å². The Labute approximate surface area is 168 Å². The van der Waals surface area contributed by atoms with Crippen LogP contribution in [0, 0.1) is 0 Å². The minimum Gasteiger partial charge on any atom is -0.367 e. The van der Waals surface area contributed by atoms with Gasteiger partial charge in [0.15, 0.2) is 5.65 Å². The lowest BCUT2D eigenvalue weighted by molar-refractivity contribution is -0.124. The maximum atomic E-state index is 12.0. The minimum absolute atomic E-state index is 0.0946. The topological polar surface area (TPSA) is 94.9 Å². The van der Waals surface area contributed by atoms with Crippen LogP contribution in [0.3, 0.4) is 0 Å². The number of carbonyl (C=O) groups excluding carboxylic acids is 2. The molecule has 2 saturated heterocycles. The minimum atomic E-state index is -0.340. The second-order valence-electron chi connectivity index (χ2n) is 8.29. The van der Waals surface area contributed by atoms with Crippen molar-refractivity contribution < 1.29 is 9.59 Å². The number of hydrogen-bond acceptors (Lipinski definition) is 7. The van der Waals surface area contributed by atoms with Crippen molar-refractivity contribution in [1.29, 1.82) is 0 Å². The van der Waals surface area contributed by atoms with Crippen molar-refractivity contribution in [1.82, 2.24) is 24.8 Å². The average molecular weight is 395 g/mol. The molecule has 1 aliphatic carbocycles. The Bertz CT molecular complexity index is 1020. The Balaban J connectivity index is 1.56. The van der Waals surface area contributed by atoms with Gasteiger partial charge in [0.05, 0.1) is 12.6 Å². The van der Waals surface area contributed by atoms with Gasteiger partial charge in [-0.05, 0) is 38.9 Å². The summed E-state index contributed by atoms with van der Waals surface area (Å²) in [5, 5.41) is 10.4. The largest absolute Gasteiger partial charge is 0.367 e. The highest BCUT2D eigenvalue weighted by Crippen LogP contribution is 2.30. The zero-order chi connectivity index (χ0) is 20.1. The molecule has 2 aliphatic heterocycles. The normalized spacial score (nSPS) is 23.9. The monoisotopic (exact) mass is 395 g/mol. The fraction of sp³-hybridized carbons (Fsp3) is 0.500. The lowest BCUT2D eigenvalue weighted by Crippen LogP contribution is -2.34. The maximum absolute atomic E-state index is 12.0. The van der Waals surface area contributed by atoms with Crippen molar-refractivity contribution in [3.05, 3.63) is 23.4 Å². The lowest BCUT2D eigenvalue weighted by atomic mass is 10.1. The van der Waals surface area contributed by atoms with Gasteiger partial charge in [-0.1, -0.05) is 0 Å². The Morgan fingerprint density at radius 2 is 2.14 bits per heavy atom. The molecule has 9 heteroatoms. The van der Waals surface area contributed by atoms with Crippen LogP contribution in [0.25, 0.3) is 11.7 Å². The highest BCUT2D eigenvalue weighted by Gasteiger charge is 2.28. The number of anilines is 2. The van der Waals surface area contributed by atoms with E-state index in [0.717, 1.165) is 49.6 Å². The van der Waals surface area contributed by atoms with E-state index >= 15 is 0 Å². The first-order chi connectivity index (χ1) is 14.0. The van der Waals surface area contributed by atoms with E-state index in [1.807, 2.05) is 0 Å². The van der Waals surface area contributed by atoms with Crippen LogP contribution in [0.2, 0.25) is 0 Å². The highest BCUT2D eigenvalue weighted by atomic mass is 16.2. The standard InChI is InChI=1S/C20H25N7O2/c1-25-6-5-15(11-25)26(2)16-9-17(22-14-3-4-14)27-19(23-16)13(10-21-27)7-12-8-18(28)24-20(12)29/h7,9-10,14-15,22H,3-6,8,11H2,1-2H3,(H,24,28,29). The molecule has 1 saturated carbocycles. The summed E-state index contributed by atoms with van der Waals surface area (Å²) in [5.41, 5.74) is 1.87. The fourth-order valence-corrected chi connectivity index (χ4v) is 4.01. The lowest BCUT2D eigenvalue weighted by Gasteiger charge is -2.26. The second-order valence-corrected chi connectivity index (χ2v) is 8.29. The number of nitrogens with one attached hydrogen (secondary N) is 2. The SMILES string of the molecule is CN1CCC(N(C)c2cc(NC3CC3)n3ncc(C=C4CC(=O)NC4=O)c3n2)C1. The Kier molecular flexibility index (Phi) is 4.27. The zero-order valence-corrected chi connectivity index (χ0v) is 16.7. The molecule has 152 valence electrons. The smallest absolute Gasteiger partial charge is 0.254 e. The van der Waals surface area contributed by atoms with E-state index in [0.29, 0.717) is 23.3 Å². The number of imide groups is 1. The van der Waals surface area contributed by atoms with Crippen LogP contribution in [-0.4, -0.2) is 70.6 Å². The van der Waals surface area contributed by atoms with Crippen molar-refractivity contribution in [2.24, 2.45) is 0 Å². The summed E-state index contributed by atoms with van der Waals surface area (Å²) in [7, 11) is 4.22. The quantitative estimate of drug-likeness (QED) is 0.573. The number of likely N-dealkylation sites (tertiary alicyclic amines) is 1. The Morgan fingerprint density at radius 3 is 2.79 bits per heavy atom. The number of rotatable bonds is 5. The van der Waals surface area contributed by atoms with Gasteiger partial charge in [0.25, 0.3) is 5.91 Å². The van der Waals surface area contributed by atoms with Gasteiger partial charge in [0.2, 0.25) is 5.91 Å². The van der Waals surface area contributed by atoms with E-state index in [-0.39, 0.29) is 18.2 Å². The Morgan fingerprint density at radius 1 is 1.31 bits per heavy atom. The van der Waals surface area contributed by atoms with Crippen LogP contribution in [-0.2, 0) is 9.59 Å². The predicted molar refractivity (Wildman–Crippen MR) is 110 cm³/mol. The average Bonchev–Trinajstić information content (AvgIpc) is 3.09. The van der Waals surface area contributed by atoms with Crippen LogP contribution in [0.4, 0.5) is 11.6 Å². The molecule has 2 amide bonds. The van der Waals surface area contributed by atoms with E-state index in [4.69, 9.17) is 4.98 Å². The summed E-state index contributed by atoms with van der Waals surface area (Å²) < 4.78 is 1.79. The van der Waals surface area contributed by atoms with Gasteiger partial charge in [-0.2, -0.15) is 9.61 Å². The molecule has 0 aromatic carbocycles. The summed E-state index contributed by atoms with van der Waals surface area (Å²) in [4.78, 5) is 32.9. The molecule has 3 aliphatic rings. The molecule has 29 heavy (non-hydrogen) atoms. The van der Waals surface area contributed by atoms with Gasteiger partial charge in [-0.25, -0.2) is 4.98 Å². The first-order valence-electron chi connectivity index (χ1n) is 10.1. The number of fused-ring (bicyclic) bond motifs is 1. The second kappa shape index (κ2) is 6.84. The maximum Gasteiger partial charge on any atom is 0.254 e. The third-order valence-corrected chi connectivity index (χ3v) is 5.92. The summed E-state index contributed by atoms with van der Waals surface area (Å²) in [6, 6.07) is 2.94. The van der Waals surface area contributed by atoms with Crippen LogP contribution in [0.1, 0.15) is 31.2 Å². The molecule has 0 radical (unpaired) electrons. The van der Waals surface area contributed by atoms with Gasteiger partial charge >= 0.3 is 0 Å². The molecule has 1 unspecified atom stereocenters. The van der Waals surface area contributed by atoms with Gasteiger partial charge in [0, 0.05) is 42.9 Å². The molecule has 2 aromatic rings. The number of amides is 2. The van der Waals surface area contributed by atoms with E-state index in [2.05, 4.69) is 45.7 Å². The summed E-state index contributed by atoms with van der Waals surface area (Å²) in [6.45, 7) is 2.09.